The van der Waals surface area contributed by atoms with Crippen LogP contribution in [-0.2, 0) is 9.59 Å². The molecule has 2 aliphatic rings. The molecule has 1 saturated carbocycles. The number of carbonyl (C=O) groups excluding carboxylic acids is 3. The van der Waals surface area contributed by atoms with Crippen molar-refractivity contribution >= 4 is 29.6 Å². The van der Waals surface area contributed by atoms with Gasteiger partial charge < -0.3 is 0 Å². The van der Waals surface area contributed by atoms with Crippen LogP contribution in [0.15, 0.2) is 0 Å². The molecule has 1 aliphatic carbocycles. The van der Waals surface area contributed by atoms with Crippen LogP contribution < -0.4 is 5.32 Å². The van der Waals surface area contributed by atoms with Crippen LogP contribution in [0.4, 0.5) is 4.79 Å². The van der Waals surface area contributed by atoms with Gasteiger partial charge in [-0.05, 0) is 25.5 Å². The fraction of sp³-hybridized carbons (Fsp3) is 0.750. The van der Waals surface area contributed by atoms with E-state index in [1.807, 2.05) is 6.26 Å². The molecular weight excluding hydrogens is 252 g/mol. The molecule has 0 aromatic carbocycles. The van der Waals surface area contributed by atoms with Gasteiger partial charge in [0, 0.05) is 11.8 Å². The topological polar surface area (TPSA) is 66.5 Å². The third kappa shape index (κ3) is 2.02. The van der Waals surface area contributed by atoms with Crippen molar-refractivity contribution < 1.29 is 14.4 Å². The summed E-state index contributed by atoms with van der Waals surface area (Å²) in [6.07, 6.45) is 4.77. The fourth-order valence-corrected chi connectivity index (χ4v) is 2.68. The molecule has 6 heteroatoms. The van der Waals surface area contributed by atoms with E-state index in [0.717, 1.165) is 12.8 Å². The fourth-order valence-electron chi connectivity index (χ4n) is 2.34. The highest BCUT2D eigenvalue weighted by Crippen LogP contribution is 2.44. The molecule has 0 bridgehead atoms. The van der Waals surface area contributed by atoms with Crippen LogP contribution in [0.2, 0.25) is 0 Å². The Kier molecular flexibility index (Phi) is 3.66. The lowest BCUT2D eigenvalue weighted by Gasteiger charge is -2.44. The van der Waals surface area contributed by atoms with Crippen molar-refractivity contribution in [3.05, 3.63) is 0 Å². The van der Waals surface area contributed by atoms with Crippen molar-refractivity contribution in [2.24, 2.45) is 5.41 Å². The molecule has 1 atom stereocenters. The SMILES string of the molecule is CSC(C)CCN1C(=O)NC(=O)C2(CCC2)C1=O. The second-order valence-electron chi connectivity index (χ2n) is 4.99. The Morgan fingerprint density at radius 2 is 2.06 bits per heavy atom. The molecule has 100 valence electrons. The van der Waals surface area contributed by atoms with E-state index >= 15 is 0 Å². The van der Waals surface area contributed by atoms with Gasteiger partial charge in [-0.1, -0.05) is 13.3 Å². The Bertz CT molecular complexity index is 393. The summed E-state index contributed by atoms with van der Waals surface area (Å²) in [6.45, 7) is 2.45. The van der Waals surface area contributed by atoms with Gasteiger partial charge >= 0.3 is 6.03 Å². The second-order valence-corrected chi connectivity index (χ2v) is 6.26. The standard InChI is InChI=1S/C12H18N2O3S/c1-8(18-2)4-7-14-10(16)12(5-3-6-12)9(15)13-11(14)17/h8H,3-7H2,1-2H3,(H,13,15,17). The van der Waals surface area contributed by atoms with Crippen molar-refractivity contribution in [3.8, 4) is 0 Å². The summed E-state index contributed by atoms with van der Waals surface area (Å²) in [4.78, 5) is 37.0. The molecule has 1 saturated heterocycles. The maximum absolute atomic E-state index is 12.3. The number of nitrogens with one attached hydrogen (secondary N) is 1. The van der Waals surface area contributed by atoms with E-state index in [-0.39, 0.29) is 5.91 Å². The molecule has 2 fully saturated rings. The average Bonchev–Trinajstić information content (AvgIpc) is 2.26. The van der Waals surface area contributed by atoms with Gasteiger partial charge in [-0.15, -0.1) is 0 Å². The van der Waals surface area contributed by atoms with Gasteiger partial charge in [-0.2, -0.15) is 11.8 Å². The molecule has 1 aliphatic heterocycles. The normalized spacial score (nSPS) is 23.9. The predicted molar refractivity (Wildman–Crippen MR) is 69.1 cm³/mol. The maximum Gasteiger partial charge on any atom is 0.330 e. The van der Waals surface area contributed by atoms with E-state index in [2.05, 4.69) is 12.2 Å². The van der Waals surface area contributed by atoms with Crippen LogP contribution in [0, 0.1) is 5.41 Å². The van der Waals surface area contributed by atoms with Crippen LogP contribution in [-0.4, -0.2) is 40.8 Å². The van der Waals surface area contributed by atoms with Gasteiger partial charge in [0.25, 0.3) is 0 Å². The molecule has 0 radical (unpaired) electrons. The number of barbiturate groups is 1. The largest absolute Gasteiger partial charge is 0.330 e. The number of hydrogen-bond acceptors (Lipinski definition) is 4. The van der Waals surface area contributed by atoms with Gasteiger partial charge in [0.1, 0.15) is 5.41 Å². The summed E-state index contributed by atoms with van der Waals surface area (Å²) in [5, 5.41) is 2.70. The Morgan fingerprint density at radius 3 is 2.56 bits per heavy atom. The van der Waals surface area contributed by atoms with Gasteiger partial charge in [0.2, 0.25) is 11.8 Å². The van der Waals surface area contributed by atoms with Gasteiger partial charge in [0.05, 0.1) is 0 Å². The number of carbonyl (C=O) groups is 3. The zero-order valence-corrected chi connectivity index (χ0v) is 11.5. The first-order valence-corrected chi connectivity index (χ1v) is 7.50. The highest BCUT2D eigenvalue weighted by atomic mass is 32.2. The van der Waals surface area contributed by atoms with Crippen molar-refractivity contribution in [3.63, 3.8) is 0 Å². The monoisotopic (exact) mass is 270 g/mol. The average molecular weight is 270 g/mol. The third-order valence-corrected chi connectivity index (χ3v) is 4.96. The Morgan fingerprint density at radius 1 is 1.39 bits per heavy atom. The highest BCUT2D eigenvalue weighted by molar-refractivity contribution is 7.99. The lowest BCUT2D eigenvalue weighted by atomic mass is 9.66. The van der Waals surface area contributed by atoms with E-state index in [9.17, 15) is 14.4 Å². The molecule has 0 aromatic heterocycles. The molecule has 1 heterocycles. The summed E-state index contributed by atoms with van der Waals surface area (Å²) >= 11 is 1.70. The lowest BCUT2D eigenvalue weighted by molar-refractivity contribution is -0.157. The highest BCUT2D eigenvalue weighted by Gasteiger charge is 2.57. The van der Waals surface area contributed by atoms with Gasteiger partial charge in [-0.3, -0.25) is 19.8 Å². The smallest absolute Gasteiger partial charge is 0.277 e. The van der Waals surface area contributed by atoms with Crippen LogP contribution in [0.3, 0.4) is 0 Å². The zero-order valence-electron chi connectivity index (χ0n) is 10.7. The van der Waals surface area contributed by atoms with Crippen LogP contribution in [0.25, 0.3) is 0 Å². The molecular formula is C12H18N2O3S. The first-order chi connectivity index (χ1) is 8.51. The van der Waals surface area contributed by atoms with Gasteiger partial charge in [-0.25, -0.2) is 4.79 Å². The lowest BCUT2D eigenvalue weighted by Crippen LogP contribution is -2.66. The summed E-state index contributed by atoms with van der Waals surface area (Å²) in [5.41, 5.74) is -0.934. The molecule has 1 N–H and O–H groups in total. The number of nitrogens with zero attached hydrogens (tertiary/aromatic N) is 1. The molecule has 5 nitrogen and oxygen atoms in total. The number of hydrogen-bond donors (Lipinski definition) is 1. The number of amides is 4. The Balaban J connectivity index is 2.07. The second kappa shape index (κ2) is 4.91. The molecule has 4 amide bonds. The first kappa shape index (κ1) is 13.4. The van der Waals surface area contributed by atoms with E-state index in [0.29, 0.717) is 24.6 Å². The summed E-state index contributed by atoms with van der Waals surface area (Å²) in [7, 11) is 0. The molecule has 1 unspecified atom stereocenters. The predicted octanol–water partition coefficient (Wildman–Crippen LogP) is 1.38. The third-order valence-electron chi connectivity index (χ3n) is 3.92. The number of rotatable bonds is 4. The van der Waals surface area contributed by atoms with Crippen molar-refractivity contribution in [1.29, 1.82) is 0 Å². The van der Waals surface area contributed by atoms with E-state index in [1.54, 1.807) is 11.8 Å². The van der Waals surface area contributed by atoms with Gasteiger partial charge in [0.15, 0.2) is 0 Å². The molecule has 2 rings (SSSR count). The van der Waals surface area contributed by atoms with Crippen molar-refractivity contribution in [1.82, 2.24) is 10.2 Å². The quantitative estimate of drug-likeness (QED) is 0.784. The first-order valence-electron chi connectivity index (χ1n) is 6.21. The minimum atomic E-state index is -0.934. The molecule has 0 aromatic rings. The van der Waals surface area contributed by atoms with Crippen molar-refractivity contribution in [2.45, 2.75) is 37.9 Å². The Labute approximate surface area is 111 Å². The number of urea groups is 1. The zero-order chi connectivity index (χ0) is 13.3. The van der Waals surface area contributed by atoms with Crippen LogP contribution in [0.1, 0.15) is 32.6 Å². The summed E-state index contributed by atoms with van der Waals surface area (Å²) < 4.78 is 0. The Hall–Kier alpha value is -1.04. The summed E-state index contributed by atoms with van der Waals surface area (Å²) in [5.74, 6) is -0.700. The minimum Gasteiger partial charge on any atom is -0.277 e. The molecule has 18 heavy (non-hydrogen) atoms. The van der Waals surface area contributed by atoms with Crippen LogP contribution in [0.5, 0.6) is 0 Å². The minimum absolute atomic E-state index is 0.296. The maximum atomic E-state index is 12.3. The number of thioether (sulfide) groups is 1. The summed E-state index contributed by atoms with van der Waals surface area (Å²) in [6, 6.07) is -0.559. The van der Waals surface area contributed by atoms with Crippen molar-refractivity contribution in [2.75, 3.05) is 12.8 Å². The van der Waals surface area contributed by atoms with E-state index in [1.165, 1.54) is 4.90 Å². The molecule has 1 spiro atoms. The van der Waals surface area contributed by atoms with Crippen LogP contribution >= 0.6 is 11.8 Å². The van der Waals surface area contributed by atoms with E-state index in [4.69, 9.17) is 0 Å². The van der Waals surface area contributed by atoms with E-state index < -0.39 is 17.4 Å². The number of imide groups is 2.